The van der Waals surface area contributed by atoms with Gasteiger partial charge in [-0.25, -0.2) is 9.59 Å². The van der Waals surface area contributed by atoms with E-state index >= 15 is 0 Å². The molecule has 2 rings (SSSR count). The van der Waals surface area contributed by atoms with E-state index in [1.54, 1.807) is 13.8 Å². The maximum Gasteiger partial charge on any atom is 0.330 e. The van der Waals surface area contributed by atoms with Gasteiger partial charge in [0, 0.05) is 31.2 Å². The van der Waals surface area contributed by atoms with Gasteiger partial charge < -0.3 is 14.2 Å². The summed E-state index contributed by atoms with van der Waals surface area (Å²) in [7, 11) is 0. The second-order valence-corrected chi connectivity index (χ2v) is 5.72. The normalized spacial score (nSPS) is 22.5. The number of aryl methyl sites for hydroxylation is 1. The number of hydrogen-bond acceptors (Lipinski definition) is 7. The number of rotatable bonds is 6. The van der Waals surface area contributed by atoms with Crippen LogP contribution in [0.25, 0.3) is 0 Å². The molecule has 3 atom stereocenters. The Kier molecular flexibility index (Phi) is 6.51. The molecule has 1 N–H and O–H groups in total. The first-order chi connectivity index (χ1) is 12.3. The van der Waals surface area contributed by atoms with Gasteiger partial charge in [0.2, 0.25) is 0 Å². The topological polar surface area (TPSA) is 117 Å². The second-order valence-electron chi connectivity index (χ2n) is 5.72. The van der Waals surface area contributed by atoms with Crippen LogP contribution in [0.5, 0.6) is 0 Å². The molecule has 0 bridgehead atoms. The summed E-state index contributed by atoms with van der Waals surface area (Å²) in [4.78, 5) is 48.9. The Morgan fingerprint density at radius 3 is 2.73 bits per heavy atom. The summed E-state index contributed by atoms with van der Waals surface area (Å²) in [6.07, 6.45) is 2.57. The fraction of sp³-hybridized carbons (Fsp3) is 0.529. The van der Waals surface area contributed by atoms with Gasteiger partial charge in [-0.2, -0.15) is 0 Å². The molecule has 26 heavy (non-hydrogen) atoms. The highest BCUT2D eigenvalue weighted by atomic mass is 16.6. The molecule has 2 heterocycles. The summed E-state index contributed by atoms with van der Waals surface area (Å²) < 4.78 is 17.1. The summed E-state index contributed by atoms with van der Waals surface area (Å²) in [5.74, 6) is -1.05. The second kappa shape index (κ2) is 8.61. The zero-order chi connectivity index (χ0) is 19.3. The van der Waals surface area contributed by atoms with E-state index in [1.807, 2.05) is 0 Å². The molecule has 1 saturated heterocycles. The molecular weight excluding hydrogens is 344 g/mol. The number of hydrogen-bond donors (Lipinski definition) is 1. The van der Waals surface area contributed by atoms with Gasteiger partial charge >= 0.3 is 17.6 Å². The highest BCUT2D eigenvalue weighted by Gasteiger charge is 2.37. The van der Waals surface area contributed by atoms with Gasteiger partial charge in [-0.3, -0.25) is 19.1 Å². The molecule has 0 unspecified atom stereocenters. The van der Waals surface area contributed by atoms with E-state index in [1.165, 1.54) is 29.8 Å². The number of carbonyl (C=O) groups excluding carboxylic acids is 2. The lowest BCUT2D eigenvalue weighted by molar-refractivity contribution is -0.147. The first-order valence-corrected chi connectivity index (χ1v) is 8.37. The lowest BCUT2D eigenvalue weighted by atomic mass is 10.1. The van der Waals surface area contributed by atoms with Gasteiger partial charge in [0.05, 0.1) is 6.61 Å². The van der Waals surface area contributed by atoms with E-state index in [2.05, 4.69) is 4.98 Å². The third-order valence-electron chi connectivity index (χ3n) is 3.87. The van der Waals surface area contributed by atoms with Gasteiger partial charge in [-0.15, -0.1) is 0 Å². The fourth-order valence-corrected chi connectivity index (χ4v) is 2.69. The molecule has 1 aliphatic rings. The summed E-state index contributed by atoms with van der Waals surface area (Å²) >= 11 is 0. The molecule has 0 saturated carbocycles. The smallest absolute Gasteiger partial charge is 0.330 e. The Hall–Kier alpha value is -2.68. The lowest BCUT2D eigenvalue weighted by Gasteiger charge is -2.15. The molecule has 0 aromatic carbocycles. The summed E-state index contributed by atoms with van der Waals surface area (Å²) in [5, 5.41) is 0. The van der Waals surface area contributed by atoms with Crippen molar-refractivity contribution in [2.24, 2.45) is 0 Å². The Bertz CT molecular complexity index is 808. The minimum absolute atomic E-state index is 0.201. The molecule has 142 valence electrons. The van der Waals surface area contributed by atoms with Crippen molar-refractivity contribution in [3.63, 3.8) is 0 Å². The molecule has 0 amide bonds. The Morgan fingerprint density at radius 1 is 1.38 bits per heavy atom. The Labute approximate surface area is 149 Å². The fourth-order valence-electron chi connectivity index (χ4n) is 2.69. The van der Waals surface area contributed by atoms with Crippen molar-refractivity contribution in [3.8, 4) is 0 Å². The van der Waals surface area contributed by atoms with Gasteiger partial charge in [0.15, 0.2) is 0 Å². The Balaban J connectivity index is 2.27. The molecular formula is C17H22N2O7. The highest BCUT2D eigenvalue weighted by molar-refractivity contribution is 5.82. The molecule has 0 spiro atoms. The standard InChI is InChI=1S/C17H22N2O7/c1-4-11-9-19(17(23)18-16(11)22)14-8-13(25-10(3)20)12(26-14)6-7-15(21)24-5-2/h6-7,9,12-14H,4-5,8H2,1-3H3,(H,18,22,23)/t12-,13+,14-/m1/s1. The minimum Gasteiger partial charge on any atom is -0.463 e. The number of nitrogens with zero attached hydrogens (tertiary/aromatic N) is 1. The minimum atomic E-state index is -0.745. The van der Waals surface area contributed by atoms with Crippen molar-refractivity contribution in [2.75, 3.05) is 6.61 Å². The number of H-pyrrole nitrogens is 1. The van der Waals surface area contributed by atoms with Crippen LogP contribution in [0.4, 0.5) is 0 Å². The monoisotopic (exact) mass is 366 g/mol. The average Bonchev–Trinajstić information content (AvgIpc) is 2.95. The van der Waals surface area contributed by atoms with E-state index < -0.39 is 41.6 Å². The SMILES string of the molecule is CCOC(=O)C=C[C@H]1O[C@@H](n2cc(CC)c(=O)[nH]c2=O)C[C@@H]1OC(C)=O. The van der Waals surface area contributed by atoms with E-state index in [0.29, 0.717) is 12.0 Å². The predicted molar refractivity (Wildman–Crippen MR) is 90.6 cm³/mol. The van der Waals surface area contributed by atoms with Crippen molar-refractivity contribution in [1.82, 2.24) is 9.55 Å². The maximum atomic E-state index is 12.1. The van der Waals surface area contributed by atoms with Gasteiger partial charge in [0.25, 0.3) is 5.56 Å². The van der Waals surface area contributed by atoms with Crippen molar-refractivity contribution in [1.29, 1.82) is 0 Å². The van der Waals surface area contributed by atoms with Crippen molar-refractivity contribution in [2.45, 2.75) is 52.0 Å². The first kappa shape index (κ1) is 19.6. The van der Waals surface area contributed by atoms with Crippen molar-refractivity contribution >= 4 is 11.9 Å². The first-order valence-electron chi connectivity index (χ1n) is 8.37. The van der Waals surface area contributed by atoms with Crippen molar-refractivity contribution in [3.05, 3.63) is 44.8 Å². The number of aromatic nitrogens is 2. The summed E-state index contributed by atoms with van der Waals surface area (Å²) in [6, 6.07) is 0. The van der Waals surface area contributed by atoms with Gasteiger partial charge in [-0.1, -0.05) is 6.92 Å². The van der Waals surface area contributed by atoms with E-state index in [0.717, 1.165) is 0 Å². The van der Waals surface area contributed by atoms with E-state index in [-0.39, 0.29) is 13.0 Å². The largest absolute Gasteiger partial charge is 0.463 e. The number of nitrogens with one attached hydrogen (secondary N) is 1. The highest BCUT2D eigenvalue weighted by Crippen LogP contribution is 2.30. The molecule has 0 aliphatic carbocycles. The van der Waals surface area contributed by atoms with Crippen LogP contribution in [0, 0.1) is 0 Å². The molecule has 1 aromatic heterocycles. The molecule has 9 heteroatoms. The van der Waals surface area contributed by atoms with Crippen LogP contribution >= 0.6 is 0 Å². The van der Waals surface area contributed by atoms with Gasteiger partial charge in [0.1, 0.15) is 18.4 Å². The molecule has 1 fully saturated rings. The predicted octanol–water partition coefficient (Wildman–Crippen LogP) is 0.438. The number of ether oxygens (including phenoxy) is 3. The van der Waals surface area contributed by atoms with Crippen LogP contribution in [-0.2, 0) is 30.2 Å². The van der Waals surface area contributed by atoms with E-state index in [9.17, 15) is 19.2 Å². The van der Waals surface area contributed by atoms with Crippen LogP contribution < -0.4 is 11.2 Å². The molecule has 0 radical (unpaired) electrons. The molecule has 1 aromatic rings. The van der Waals surface area contributed by atoms with Crippen molar-refractivity contribution < 1.29 is 23.8 Å². The third-order valence-corrected chi connectivity index (χ3v) is 3.87. The van der Waals surface area contributed by atoms with Crippen LogP contribution in [0.3, 0.4) is 0 Å². The maximum absolute atomic E-state index is 12.1. The lowest BCUT2D eigenvalue weighted by Crippen LogP contribution is -2.34. The average molecular weight is 366 g/mol. The summed E-state index contributed by atoms with van der Waals surface area (Å²) in [6.45, 7) is 4.98. The van der Waals surface area contributed by atoms with Crippen LogP contribution in [0.2, 0.25) is 0 Å². The number of aromatic amines is 1. The number of carbonyl (C=O) groups is 2. The zero-order valence-electron chi connectivity index (χ0n) is 14.9. The van der Waals surface area contributed by atoms with Crippen LogP contribution in [0.1, 0.15) is 39.0 Å². The van der Waals surface area contributed by atoms with Gasteiger partial charge in [-0.05, 0) is 19.4 Å². The van der Waals surface area contributed by atoms with Crippen LogP contribution in [-0.4, -0.2) is 40.3 Å². The third kappa shape index (κ3) is 4.69. The quantitative estimate of drug-likeness (QED) is 0.573. The number of esters is 2. The molecule has 9 nitrogen and oxygen atoms in total. The molecule has 1 aliphatic heterocycles. The zero-order valence-corrected chi connectivity index (χ0v) is 14.9. The van der Waals surface area contributed by atoms with Crippen LogP contribution in [0.15, 0.2) is 27.9 Å². The summed E-state index contributed by atoms with van der Waals surface area (Å²) in [5.41, 5.74) is -0.626. The Morgan fingerprint density at radius 2 is 2.12 bits per heavy atom. The van der Waals surface area contributed by atoms with E-state index in [4.69, 9.17) is 14.2 Å².